The maximum absolute atomic E-state index is 12.3. The Morgan fingerprint density at radius 2 is 2.14 bits per heavy atom. The summed E-state index contributed by atoms with van der Waals surface area (Å²) >= 11 is 1.63. The van der Waals surface area contributed by atoms with Crippen LogP contribution in [0.25, 0.3) is 10.6 Å². The molecule has 0 saturated carbocycles. The van der Waals surface area contributed by atoms with E-state index in [4.69, 9.17) is 5.11 Å². The van der Waals surface area contributed by atoms with Gasteiger partial charge in [0.2, 0.25) is 0 Å². The number of nitrogens with one attached hydrogen (secondary N) is 1. The lowest BCUT2D eigenvalue weighted by Crippen LogP contribution is -2.35. The monoisotopic (exact) mass is 318 g/mol. The number of aliphatic hydroxyl groups is 1. The molecule has 0 spiro atoms. The van der Waals surface area contributed by atoms with Gasteiger partial charge in [0.15, 0.2) is 0 Å². The van der Waals surface area contributed by atoms with Crippen molar-refractivity contribution in [2.45, 2.75) is 27.2 Å². The first-order valence-electron chi connectivity index (χ1n) is 7.33. The Morgan fingerprint density at radius 1 is 1.36 bits per heavy atom. The summed E-state index contributed by atoms with van der Waals surface area (Å²) in [5.74, 6) is -0.117. The molecule has 0 fully saturated rings. The van der Waals surface area contributed by atoms with Crippen molar-refractivity contribution in [3.63, 3.8) is 0 Å². The number of aromatic nitrogens is 1. The average Bonchev–Trinajstić information content (AvgIpc) is 2.99. The molecule has 0 aliphatic rings. The molecule has 2 N–H and O–H groups in total. The van der Waals surface area contributed by atoms with Gasteiger partial charge in [-0.3, -0.25) is 9.78 Å². The minimum atomic E-state index is -0.122. The second-order valence-electron chi connectivity index (χ2n) is 6.13. The Kier molecular flexibility index (Phi) is 5.32. The van der Waals surface area contributed by atoms with Gasteiger partial charge in [-0.05, 0) is 42.3 Å². The molecule has 0 aromatic carbocycles. The van der Waals surface area contributed by atoms with Crippen molar-refractivity contribution in [3.8, 4) is 10.6 Å². The Balaban J connectivity index is 2.07. The van der Waals surface area contributed by atoms with Gasteiger partial charge in [-0.25, -0.2) is 0 Å². The summed E-state index contributed by atoms with van der Waals surface area (Å²) in [5, 5.41) is 14.0. The number of carbonyl (C=O) groups is 1. The zero-order valence-corrected chi connectivity index (χ0v) is 14.0. The van der Waals surface area contributed by atoms with Crippen LogP contribution < -0.4 is 5.32 Å². The molecule has 2 heterocycles. The van der Waals surface area contributed by atoms with Crippen LogP contribution in [-0.4, -0.2) is 29.1 Å². The molecule has 0 aliphatic carbocycles. The second kappa shape index (κ2) is 7.03. The van der Waals surface area contributed by atoms with E-state index in [1.807, 2.05) is 50.4 Å². The zero-order valence-electron chi connectivity index (χ0n) is 13.2. The van der Waals surface area contributed by atoms with E-state index in [2.05, 4.69) is 10.3 Å². The lowest BCUT2D eigenvalue weighted by atomic mass is 9.89. The molecule has 1 amide bonds. The minimum absolute atomic E-state index is 0.117. The largest absolute Gasteiger partial charge is 0.396 e. The van der Waals surface area contributed by atoms with Crippen molar-refractivity contribution < 1.29 is 9.90 Å². The van der Waals surface area contributed by atoms with Gasteiger partial charge in [0.05, 0.1) is 21.8 Å². The van der Waals surface area contributed by atoms with Crippen molar-refractivity contribution in [2.24, 2.45) is 5.41 Å². The molecule has 0 atom stereocenters. The maximum atomic E-state index is 12.3. The lowest BCUT2D eigenvalue weighted by Gasteiger charge is -2.24. The van der Waals surface area contributed by atoms with Crippen molar-refractivity contribution >= 4 is 17.2 Å². The number of aliphatic hydroxyl groups excluding tert-OH is 1. The van der Waals surface area contributed by atoms with E-state index in [0.717, 1.165) is 16.3 Å². The van der Waals surface area contributed by atoms with E-state index in [-0.39, 0.29) is 17.9 Å². The van der Waals surface area contributed by atoms with Crippen LogP contribution in [0.3, 0.4) is 0 Å². The molecule has 22 heavy (non-hydrogen) atoms. The summed E-state index contributed by atoms with van der Waals surface area (Å²) in [4.78, 5) is 17.9. The van der Waals surface area contributed by atoms with Crippen LogP contribution in [0.4, 0.5) is 0 Å². The van der Waals surface area contributed by atoms with E-state index in [1.165, 1.54) is 0 Å². The first kappa shape index (κ1) is 16.6. The number of thiophene rings is 1. The molecule has 118 valence electrons. The predicted octanol–water partition coefficient (Wildman–Crippen LogP) is 3.26. The Labute approximate surface area is 135 Å². The highest BCUT2D eigenvalue weighted by Crippen LogP contribution is 2.24. The Hall–Kier alpha value is -1.72. The predicted molar refractivity (Wildman–Crippen MR) is 90.1 cm³/mol. The number of pyridine rings is 1. The standard InChI is InChI=1S/C17H22N2O2S/c1-12-13(16(21)18-11-17(2,3)8-9-20)6-7-14(19-12)15-5-4-10-22-15/h4-7,10,20H,8-9,11H2,1-3H3,(H,18,21). The van der Waals surface area contributed by atoms with Crippen LogP contribution in [0, 0.1) is 12.3 Å². The van der Waals surface area contributed by atoms with E-state index < -0.39 is 0 Å². The molecule has 2 aromatic heterocycles. The minimum Gasteiger partial charge on any atom is -0.396 e. The third-order valence-electron chi connectivity index (χ3n) is 3.62. The van der Waals surface area contributed by atoms with Gasteiger partial charge in [-0.15, -0.1) is 11.3 Å². The maximum Gasteiger partial charge on any atom is 0.253 e. The first-order valence-corrected chi connectivity index (χ1v) is 8.21. The highest BCUT2D eigenvalue weighted by molar-refractivity contribution is 7.13. The smallest absolute Gasteiger partial charge is 0.253 e. The quantitative estimate of drug-likeness (QED) is 0.859. The van der Waals surface area contributed by atoms with Gasteiger partial charge in [-0.1, -0.05) is 19.9 Å². The first-order chi connectivity index (χ1) is 10.4. The van der Waals surface area contributed by atoms with Gasteiger partial charge >= 0.3 is 0 Å². The van der Waals surface area contributed by atoms with Gasteiger partial charge in [0.1, 0.15) is 0 Å². The van der Waals surface area contributed by atoms with Crippen LogP contribution >= 0.6 is 11.3 Å². The number of hydrogen-bond donors (Lipinski definition) is 2. The summed E-state index contributed by atoms with van der Waals surface area (Å²) < 4.78 is 0. The van der Waals surface area contributed by atoms with Crippen molar-refractivity contribution in [1.29, 1.82) is 0 Å². The fourth-order valence-electron chi connectivity index (χ4n) is 2.17. The molecule has 0 bridgehead atoms. The molecule has 0 radical (unpaired) electrons. The molecule has 2 aromatic rings. The van der Waals surface area contributed by atoms with Crippen LogP contribution in [0.1, 0.15) is 36.3 Å². The Morgan fingerprint density at radius 3 is 2.73 bits per heavy atom. The molecular formula is C17H22N2O2S. The number of amides is 1. The van der Waals surface area contributed by atoms with E-state index in [9.17, 15) is 4.79 Å². The number of aryl methyl sites for hydroxylation is 1. The lowest BCUT2D eigenvalue weighted by molar-refractivity contribution is 0.0927. The SMILES string of the molecule is Cc1nc(-c2cccs2)ccc1C(=O)NCC(C)(C)CCO. The van der Waals surface area contributed by atoms with Gasteiger partial charge < -0.3 is 10.4 Å². The van der Waals surface area contributed by atoms with Crippen LogP contribution in [-0.2, 0) is 0 Å². The number of carbonyl (C=O) groups excluding carboxylic acids is 1. The molecule has 0 saturated heterocycles. The van der Waals surface area contributed by atoms with Gasteiger partial charge in [0, 0.05) is 13.2 Å². The molecule has 0 unspecified atom stereocenters. The summed E-state index contributed by atoms with van der Waals surface area (Å²) in [5.41, 5.74) is 2.09. The highest BCUT2D eigenvalue weighted by atomic mass is 32.1. The van der Waals surface area contributed by atoms with Gasteiger partial charge in [-0.2, -0.15) is 0 Å². The van der Waals surface area contributed by atoms with E-state index >= 15 is 0 Å². The molecule has 0 aliphatic heterocycles. The summed E-state index contributed by atoms with van der Waals surface area (Å²) in [6, 6.07) is 7.71. The van der Waals surface area contributed by atoms with E-state index in [1.54, 1.807) is 11.3 Å². The van der Waals surface area contributed by atoms with Crippen LogP contribution in [0.5, 0.6) is 0 Å². The number of hydrogen-bond acceptors (Lipinski definition) is 4. The normalized spacial score (nSPS) is 11.5. The third kappa shape index (κ3) is 4.15. The average molecular weight is 318 g/mol. The summed E-state index contributed by atoms with van der Waals surface area (Å²) in [7, 11) is 0. The van der Waals surface area contributed by atoms with Gasteiger partial charge in [0.25, 0.3) is 5.91 Å². The number of nitrogens with zero attached hydrogens (tertiary/aromatic N) is 1. The molecule has 4 nitrogen and oxygen atoms in total. The topological polar surface area (TPSA) is 62.2 Å². The van der Waals surface area contributed by atoms with Crippen molar-refractivity contribution in [3.05, 3.63) is 40.9 Å². The summed E-state index contributed by atoms with van der Waals surface area (Å²) in [6.07, 6.45) is 0.655. The zero-order chi connectivity index (χ0) is 16.2. The van der Waals surface area contributed by atoms with Crippen LogP contribution in [0.15, 0.2) is 29.6 Å². The fraction of sp³-hybridized carbons (Fsp3) is 0.412. The van der Waals surface area contributed by atoms with E-state index in [0.29, 0.717) is 18.5 Å². The summed E-state index contributed by atoms with van der Waals surface area (Å²) in [6.45, 7) is 6.55. The highest BCUT2D eigenvalue weighted by Gasteiger charge is 2.19. The molecule has 2 rings (SSSR count). The third-order valence-corrected chi connectivity index (χ3v) is 4.51. The number of rotatable bonds is 6. The van der Waals surface area contributed by atoms with Crippen LogP contribution in [0.2, 0.25) is 0 Å². The Bertz CT molecular complexity index is 636. The van der Waals surface area contributed by atoms with Crippen molar-refractivity contribution in [2.75, 3.05) is 13.2 Å². The fourth-order valence-corrected chi connectivity index (χ4v) is 2.86. The van der Waals surface area contributed by atoms with Crippen molar-refractivity contribution in [1.82, 2.24) is 10.3 Å². The second-order valence-corrected chi connectivity index (χ2v) is 7.07. The molecule has 5 heteroatoms. The molecular weight excluding hydrogens is 296 g/mol.